The Morgan fingerprint density at radius 3 is 2.47 bits per heavy atom. The number of hydrogen-bond acceptors (Lipinski definition) is 3. The molecular weight excluding hydrogens is 235 g/mol. The minimum Gasteiger partial charge on any atom is -0.318 e. The molecule has 0 saturated heterocycles. The first-order valence-corrected chi connectivity index (χ1v) is 4.92. The summed E-state index contributed by atoms with van der Waals surface area (Å²) >= 11 is 0. The number of oxime groups is 1. The van der Waals surface area contributed by atoms with Crippen molar-refractivity contribution < 1.29 is 22.8 Å². The lowest BCUT2D eigenvalue weighted by molar-refractivity contribution is -0.143. The fourth-order valence-electron chi connectivity index (χ4n) is 1.05. The fourth-order valence-corrected chi connectivity index (χ4v) is 1.05. The number of nitrogens with zero attached hydrogens (tertiary/aromatic N) is 1. The minimum atomic E-state index is -1.55. The third kappa shape index (κ3) is 3.90. The summed E-state index contributed by atoms with van der Waals surface area (Å²) in [6.07, 6.45) is 1.73. The highest BCUT2D eigenvalue weighted by atomic mass is 19.2. The smallest absolute Gasteiger partial charge is 0.318 e. The standard InChI is InChI=1S/C11H10F3NO2/c1-2-3-10(16)17-15-6-7-4-8(12)11(14)9(13)5-7/h4-6H,2-3H2,1H3/b15-6+. The summed E-state index contributed by atoms with van der Waals surface area (Å²) in [6, 6.07) is 1.49. The molecular formula is C11H10F3NO2. The second-order valence-corrected chi connectivity index (χ2v) is 3.25. The van der Waals surface area contributed by atoms with Crippen LogP contribution in [0.2, 0.25) is 0 Å². The Hall–Kier alpha value is -1.85. The molecule has 17 heavy (non-hydrogen) atoms. The molecule has 1 aromatic rings. The van der Waals surface area contributed by atoms with Crippen molar-refractivity contribution in [3.63, 3.8) is 0 Å². The van der Waals surface area contributed by atoms with Gasteiger partial charge in [-0.15, -0.1) is 0 Å². The van der Waals surface area contributed by atoms with Crippen LogP contribution in [0.25, 0.3) is 0 Å². The van der Waals surface area contributed by atoms with Crippen molar-refractivity contribution in [2.45, 2.75) is 19.8 Å². The van der Waals surface area contributed by atoms with Crippen LogP contribution in [0.3, 0.4) is 0 Å². The van der Waals surface area contributed by atoms with E-state index >= 15 is 0 Å². The van der Waals surface area contributed by atoms with Crippen LogP contribution in [-0.2, 0) is 9.63 Å². The summed E-state index contributed by atoms with van der Waals surface area (Å²) < 4.78 is 38.1. The third-order valence-corrected chi connectivity index (χ3v) is 1.82. The van der Waals surface area contributed by atoms with E-state index in [1.54, 1.807) is 6.92 Å². The maximum absolute atomic E-state index is 12.8. The molecule has 0 amide bonds. The van der Waals surface area contributed by atoms with E-state index < -0.39 is 23.4 Å². The van der Waals surface area contributed by atoms with Gasteiger partial charge in [0.2, 0.25) is 0 Å². The van der Waals surface area contributed by atoms with E-state index in [4.69, 9.17) is 0 Å². The number of hydrogen-bond donors (Lipinski definition) is 0. The molecule has 0 unspecified atom stereocenters. The maximum Gasteiger partial charge on any atom is 0.335 e. The Balaban J connectivity index is 2.69. The average molecular weight is 245 g/mol. The quantitative estimate of drug-likeness (QED) is 0.354. The lowest BCUT2D eigenvalue weighted by atomic mass is 10.2. The highest BCUT2D eigenvalue weighted by molar-refractivity contribution is 5.80. The van der Waals surface area contributed by atoms with Crippen LogP contribution in [0.1, 0.15) is 25.3 Å². The van der Waals surface area contributed by atoms with Crippen molar-refractivity contribution >= 4 is 12.2 Å². The molecule has 1 rings (SSSR count). The van der Waals surface area contributed by atoms with Crippen LogP contribution in [0.4, 0.5) is 13.2 Å². The van der Waals surface area contributed by atoms with Gasteiger partial charge >= 0.3 is 5.97 Å². The second kappa shape index (κ2) is 6.03. The van der Waals surface area contributed by atoms with Gasteiger partial charge in [-0.1, -0.05) is 12.1 Å². The zero-order valence-electron chi connectivity index (χ0n) is 9.04. The van der Waals surface area contributed by atoms with Crippen LogP contribution in [0, 0.1) is 17.5 Å². The van der Waals surface area contributed by atoms with Crippen LogP contribution in [0.5, 0.6) is 0 Å². The normalized spacial score (nSPS) is 10.8. The zero-order chi connectivity index (χ0) is 12.8. The van der Waals surface area contributed by atoms with E-state index in [2.05, 4.69) is 9.99 Å². The molecule has 0 aliphatic rings. The molecule has 0 fully saturated rings. The SMILES string of the molecule is CCCC(=O)O/N=C/c1cc(F)c(F)c(F)c1. The van der Waals surface area contributed by atoms with Gasteiger partial charge in [0, 0.05) is 12.0 Å². The predicted octanol–water partition coefficient (Wildman–Crippen LogP) is 2.78. The first kappa shape index (κ1) is 13.2. The van der Waals surface area contributed by atoms with E-state index in [-0.39, 0.29) is 12.0 Å². The Morgan fingerprint density at radius 2 is 1.94 bits per heavy atom. The van der Waals surface area contributed by atoms with Gasteiger partial charge in [-0.05, 0) is 18.6 Å². The molecule has 0 aliphatic heterocycles. The van der Waals surface area contributed by atoms with Gasteiger partial charge in [0.1, 0.15) is 0 Å². The van der Waals surface area contributed by atoms with E-state index in [1.807, 2.05) is 0 Å². The summed E-state index contributed by atoms with van der Waals surface area (Å²) in [4.78, 5) is 15.3. The monoisotopic (exact) mass is 245 g/mol. The van der Waals surface area contributed by atoms with Crippen molar-refractivity contribution in [1.29, 1.82) is 0 Å². The second-order valence-electron chi connectivity index (χ2n) is 3.25. The summed E-state index contributed by atoms with van der Waals surface area (Å²) in [6.45, 7) is 1.79. The zero-order valence-corrected chi connectivity index (χ0v) is 9.04. The van der Waals surface area contributed by atoms with Crippen molar-refractivity contribution in [3.8, 4) is 0 Å². The molecule has 0 spiro atoms. The van der Waals surface area contributed by atoms with Gasteiger partial charge in [0.15, 0.2) is 17.5 Å². The maximum atomic E-state index is 12.8. The van der Waals surface area contributed by atoms with Gasteiger partial charge in [-0.2, -0.15) is 0 Å². The number of halogens is 3. The Kier molecular flexibility index (Phi) is 4.68. The predicted molar refractivity (Wildman–Crippen MR) is 54.9 cm³/mol. The minimum absolute atomic E-state index is 0.0364. The lowest BCUT2D eigenvalue weighted by Gasteiger charge is -1.98. The van der Waals surface area contributed by atoms with Crippen LogP contribution < -0.4 is 0 Å². The van der Waals surface area contributed by atoms with Crippen molar-refractivity contribution in [2.24, 2.45) is 5.16 Å². The fraction of sp³-hybridized carbons (Fsp3) is 0.273. The van der Waals surface area contributed by atoms with E-state index in [9.17, 15) is 18.0 Å². The van der Waals surface area contributed by atoms with Crippen molar-refractivity contribution in [2.75, 3.05) is 0 Å². The Bertz CT molecular complexity index is 423. The summed E-state index contributed by atoms with van der Waals surface area (Å²) in [5, 5.41) is 3.24. The van der Waals surface area contributed by atoms with E-state index in [0.717, 1.165) is 18.3 Å². The first-order chi connectivity index (χ1) is 8.04. The molecule has 3 nitrogen and oxygen atoms in total. The van der Waals surface area contributed by atoms with Gasteiger partial charge in [-0.3, -0.25) is 0 Å². The molecule has 1 aromatic carbocycles. The summed E-state index contributed by atoms with van der Waals surface area (Å²) in [5.74, 6) is -4.75. The topological polar surface area (TPSA) is 38.7 Å². The van der Waals surface area contributed by atoms with Crippen molar-refractivity contribution in [3.05, 3.63) is 35.1 Å². The molecule has 0 heterocycles. The number of carbonyl (C=O) groups is 1. The van der Waals surface area contributed by atoms with Crippen molar-refractivity contribution in [1.82, 2.24) is 0 Å². The molecule has 0 radical (unpaired) electrons. The van der Waals surface area contributed by atoms with Crippen LogP contribution in [0.15, 0.2) is 17.3 Å². The molecule has 0 aliphatic carbocycles. The highest BCUT2D eigenvalue weighted by Crippen LogP contribution is 2.12. The molecule has 92 valence electrons. The molecule has 6 heteroatoms. The molecule has 0 saturated carbocycles. The van der Waals surface area contributed by atoms with Gasteiger partial charge < -0.3 is 4.84 Å². The van der Waals surface area contributed by atoms with Gasteiger partial charge in [0.05, 0.1) is 6.21 Å². The van der Waals surface area contributed by atoms with E-state index in [0.29, 0.717) is 6.42 Å². The average Bonchev–Trinajstić information content (AvgIpc) is 2.26. The molecule has 0 atom stereocenters. The van der Waals surface area contributed by atoms with Crippen LogP contribution in [-0.4, -0.2) is 12.2 Å². The Labute approximate surface area is 95.9 Å². The number of benzene rings is 1. The number of rotatable bonds is 4. The van der Waals surface area contributed by atoms with E-state index in [1.165, 1.54) is 0 Å². The van der Waals surface area contributed by atoms with Gasteiger partial charge in [-0.25, -0.2) is 18.0 Å². The van der Waals surface area contributed by atoms with Crippen LogP contribution >= 0.6 is 0 Å². The molecule has 0 N–H and O–H groups in total. The molecule has 0 bridgehead atoms. The molecule has 0 aromatic heterocycles. The Morgan fingerprint density at radius 1 is 1.35 bits per heavy atom. The highest BCUT2D eigenvalue weighted by Gasteiger charge is 2.09. The number of carbonyl (C=O) groups excluding carboxylic acids is 1. The summed E-state index contributed by atoms with van der Waals surface area (Å²) in [7, 11) is 0. The largest absolute Gasteiger partial charge is 0.335 e. The first-order valence-electron chi connectivity index (χ1n) is 4.92. The third-order valence-electron chi connectivity index (χ3n) is 1.82. The lowest BCUT2D eigenvalue weighted by Crippen LogP contribution is -1.99. The summed E-state index contributed by atoms with van der Waals surface area (Å²) in [5.41, 5.74) is -0.0364. The van der Waals surface area contributed by atoms with Gasteiger partial charge in [0.25, 0.3) is 0 Å².